The highest BCUT2D eigenvalue weighted by Gasteiger charge is 2.49. The Kier molecular flexibility index (Phi) is 8.48. The number of rotatable bonds is 7. The van der Waals surface area contributed by atoms with Crippen LogP contribution >= 0.6 is 22.6 Å². The number of benzene rings is 3. The van der Waals surface area contributed by atoms with Crippen molar-refractivity contribution >= 4 is 34.2 Å². The summed E-state index contributed by atoms with van der Waals surface area (Å²) in [6.45, 7) is 11.8. The molecule has 0 radical (unpaired) electrons. The standard InChI is InChI=1S/C39H42INO4/c1-24-12-14-26(15-13-24)23-45-37-28(40)16-27(17-33(37)44-6)34-35-29(18-38(2,3)20-31(35)42)41(22-25-10-8-7-9-11-25)30-19-39(4,5)21-32(43)36(30)34/h7-17,34H,18-23H2,1-6H3. The van der Waals surface area contributed by atoms with Gasteiger partial charge < -0.3 is 14.4 Å². The number of aryl methyl sites for hydroxylation is 1. The van der Waals surface area contributed by atoms with E-state index in [1.54, 1.807) is 7.11 Å². The van der Waals surface area contributed by atoms with E-state index in [2.05, 4.69) is 117 Å². The van der Waals surface area contributed by atoms with Gasteiger partial charge in [0.1, 0.15) is 6.61 Å². The summed E-state index contributed by atoms with van der Waals surface area (Å²) in [7, 11) is 1.65. The fourth-order valence-corrected chi connectivity index (χ4v) is 8.01. The SMILES string of the molecule is COc1cc(C2C3=C(CC(C)(C)CC3=O)N(Cc3ccccc3)C3=C2C(=O)CC(C)(C)C3)cc(I)c1OCc1ccc(C)cc1. The van der Waals surface area contributed by atoms with Gasteiger partial charge in [-0.25, -0.2) is 0 Å². The van der Waals surface area contributed by atoms with Gasteiger partial charge in [0.05, 0.1) is 10.7 Å². The van der Waals surface area contributed by atoms with Gasteiger partial charge in [0.15, 0.2) is 23.1 Å². The molecule has 0 saturated carbocycles. The fraction of sp³-hybridized carbons (Fsp3) is 0.385. The minimum atomic E-state index is -0.442. The van der Waals surface area contributed by atoms with Gasteiger partial charge in [-0.3, -0.25) is 9.59 Å². The van der Waals surface area contributed by atoms with Crippen molar-refractivity contribution in [3.8, 4) is 11.5 Å². The fourth-order valence-electron chi connectivity index (χ4n) is 7.22. The number of carbonyl (C=O) groups is 2. The van der Waals surface area contributed by atoms with E-state index in [1.807, 2.05) is 12.1 Å². The smallest absolute Gasteiger partial charge is 0.174 e. The molecule has 0 spiro atoms. The van der Waals surface area contributed by atoms with Gasteiger partial charge in [-0.2, -0.15) is 0 Å². The zero-order valence-corrected chi connectivity index (χ0v) is 29.3. The van der Waals surface area contributed by atoms with Gasteiger partial charge in [-0.15, -0.1) is 0 Å². The summed E-state index contributed by atoms with van der Waals surface area (Å²) in [6, 6.07) is 22.7. The van der Waals surface area contributed by atoms with E-state index in [4.69, 9.17) is 9.47 Å². The summed E-state index contributed by atoms with van der Waals surface area (Å²) >= 11 is 2.30. The number of ketones is 2. The molecule has 1 heterocycles. The van der Waals surface area contributed by atoms with Gasteiger partial charge in [0, 0.05) is 47.8 Å². The number of hydrogen-bond acceptors (Lipinski definition) is 5. The van der Waals surface area contributed by atoms with Gasteiger partial charge in [0.25, 0.3) is 0 Å². The molecule has 3 aromatic carbocycles. The van der Waals surface area contributed by atoms with Crippen LogP contribution in [0, 0.1) is 21.3 Å². The number of nitrogens with zero attached hydrogens (tertiary/aromatic N) is 1. The Balaban J connectivity index is 1.50. The third kappa shape index (κ3) is 6.35. The molecule has 0 unspecified atom stereocenters. The summed E-state index contributed by atoms with van der Waals surface area (Å²) in [5.41, 5.74) is 7.63. The van der Waals surface area contributed by atoms with Crippen molar-refractivity contribution in [1.82, 2.24) is 4.90 Å². The lowest BCUT2D eigenvalue weighted by molar-refractivity contribution is -0.119. The molecule has 0 bridgehead atoms. The number of allylic oxidation sites excluding steroid dienone is 4. The van der Waals surface area contributed by atoms with Crippen molar-refractivity contribution in [1.29, 1.82) is 0 Å². The molecule has 45 heavy (non-hydrogen) atoms. The summed E-state index contributed by atoms with van der Waals surface area (Å²) in [6.07, 6.45) is 2.45. The van der Waals surface area contributed by atoms with Crippen molar-refractivity contribution in [2.75, 3.05) is 7.11 Å². The average Bonchev–Trinajstić information content (AvgIpc) is 2.97. The van der Waals surface area contributed by atoms with Crippen LogP contribution in [0.2, 0.25) is 0 Å². The van der Waals surface area contributed by atoms with E-state index in [0.717, 1.165) is 55.6 Å². The molecule has 0 saturated heterocycles. The normalized spacial score (nSPS) is 19.4. The lowest BCUT2D eigenvalue weighted by Crippen LogP contribution is -2.44. The second kappa shape index (κ2) is 12.1. The van der Waals surface area contributed by atoms with Crippen molar-refractivity contribution in [3.63, 3.8) is 0 Å². The third-order valence-electron chi connectivity index (χ3n) is 9.29. The summed E-state index contributed by atoms with van der Waals surface area (Å²) in [4.78, 5) is 30.8. The van der Waals surface area contributed by atoms with Crippen molar-refractivity contribution in [3.05, 3.63) is 115 Å². The lowest BCUT2D eigenvalue weighted by atomic mass is 9.63. The largest absolute Gasteiger partial charge is 0.493 e. The number of halogens is 1. The second-order valence-electron chi connectivity index (χ2n) is 14.4. The van der Waals surface area contributed by atoms with Crippen LogP contribution in [-0.4, -0.2) is 23.6 Å². The molecular weight excluding hydrogens is 673 g/mol. The van der Waals surface area contributed by atoms with E-state index in [9.17, 15) is 9.59 Å². The summed E-state index contributed by atoms with van der Waals surface area (Å²) in [5, 5.41) is 0. The molecule has 0 atom stereocenters. The Morgan fingerprint density at radius 3 is 1.93 bits per heavy atom. The topological polar surface area (TPSA) is 55.8 Å². The Morgan fingerprint density at radius 2 is 1.38 bits per heavy atom. The van der Waals surface area contributed by atoms with E-state index < -0.39 is 5.92 Å². The molecule has 6 heteroatoms. The van der Waals surface area contributed by atoms with Crippen LogP contribution in [0.25, 0.3) is 0 Å². The maximum Gasteiger partial charge on any atom is 0.174 e. The minimum absolute atomic E-state index is 0.127. The average molecular weight is 716 g/mol. The van der Waals surface area contributed by atoms with Crippen LogP contribution in [-0.2, 0) is 22.7 Å². The Morgan fingerprint density at radius 1 is 0.800 bits per heavy atom. The second-order valence-corrected chi connectivity index (χ2v) is 15.6. The first-order chi connectivity index (χ1) is 21.4. The van der Waals surface area contributed by atoms with Gasteiger partial charge >= 0.3 is 0 Å². The molecule has 1 aliphatic heterocycles. The highest BCUT2D eigenvalue weighted by molar-refractivity contribution is 14.1. The van der Waals surface area contributed by atoms with Gasteiger partial charge in [-0.05, 0) is 82.0 Å². The predicted octanol–water partition coefficient (Wildman–Crippen LogP) is 9.07. The van der Waals surface area contributed by atoms with Crippen LogP contribution in [0.4, 0.5) is 0 Å². The molecule has 234 valence electrons. The van der Waals surface area contributed by atoms with E-state index >= 15 is 0 Å². The number of methoxy groups -OCH3 is 1. The lowest BCUT2D eigenvalue weighted by Gasteiger charge is -2.49. The molecule has 0 amide bonds. The van der Waals surface area contributed by atoms with Crippen LogP contribution in [0.5, 0.6) is 11.5 Å². The number of hydrogen-bond donors (Lipinski definition) is 0. The van der Waals surface area contributed by atoms with Crippen molar-refractivity contribution in [2.24, 2.45) is 10.8 Å². The first-order valence-electron chi connectivity index (χ1n) is 15.8. The van der Waals surface area contributed by atoms with Gasteiger partial charge in [-0.1, -0.05) is 87.9 Å². The van der Waals surface area contributed by atoms with E-state index in [-0.39, 0.29) is 22.4 Å². The maximum atomic E-state index is 14.2. The van der Waals surface area contributed by atoms with Crippen LogP contribution < -0.4 is 9.47 Å². The number of carbonyl (C=O) groups excluding carboxylic acids is 2. The van der Waals surface area contributed by atoms with E-state index in [0.29, 0.717) is 37.5 Å². The molecule has 3 aromatic rings. The minimum Gasteiger partial charge on any atom is -0.493 e. The Hall–Kier alpha value is -3.39. The zero-order valence-electron chi connectivity index (χ0n) is 27.1. The summed E-state index contributed by atoms with van der Waals surface area (Å²) < 4.78 is 13.1. The molecule has 3 aliphatic rings. The van der Waals surface area contributed by atoms with Crippen molar-refractivity contribution < 1.29 is 19.1 Å². The molecule has 0 aromatic heterocycles. The van der Waals surface area contributed by atoms with E-state index in [1.165, 1.54) is 5.56 Å². The predicted molar refractivity (Wildman–Crippen MR) is 186 cm³/mol. The van der Waals surface area contributed by atoms with Crippen LogP contribution in [0.3, 0.4) is 0 Å². The first-order valence-corrected chi connectivity index (χ1v) is 16.8. The highest BCUT2D eigenvalue weighted by atomic mass is 127. The highest BCUT2D eigenvalue weighted by Crippen LogP contribution is 2.55. The van der Waals surface area contributed by atoms with Crippen LogP contribution in [0.15, 0.2) is 89.3 Å². The Labute approximate surface area is 280 Å². The summed E-state index contributed by atoms with van der Waals surface area (Å²) in [5.74, 6) is 1.08. The maximum absolute atomic E-state index is 14.2. The third-order valence-corrected chi connectivity index (χ3v) is 10.1. The zero-order chi connectivity index (χ0) is 32.1. The molecular formula is C39H42INO4. The Bertz CT molecular complexity index is 1660. The molecule has 2 aliphatic carbocycles. The first kappa shape index (κ1) is 31.6. The molecule has 0 fully saturated rings. The number of Topliss-reactive ketones (excluding diaryl/α,β-unsaturated/α-hetero) is 2. The van der Waals surface area contributed by atoms with Crippen molar-refractivity contribution in [2.45, 2.75) is 79.4 Å². The molecule has 0 N–H and O–H groups in total. The number of ether oxygens (including phenoxy) is 2. The quantitative estimate of drug-likeness (QED) is 0.229. The monoisotopic (exact) mass is 715 g/mol. The molecule has 5 nitrogen and oxygen atoms in total. The van der Waals surface area contributed by atoms with Gasteiger partial charge in [0.2, 0.25) is 0 Å². The van der Waals surface area contributed by atoms with Crippen LogP contribution in [0.1, 0.15) is 81.5 Å². The molecule has 6 rings (SSSR count).